The first-order valence-electron chi connectivity index (χ1n) is 29.0. The minimum absolute atomic E-state index is 0.0658. The fraction of sp³-hybridized carbons (Fsp3) is 0.314. The molecule has 0 amide bonds. The summed E-state index contributed by atoms with van der Waals surface area (Å²) in [5.74, 6) is 4.49. The van der Waals surface area contributed by atoms with Crippen LogP contribution in [0.3, 0.4) is 0 Å². The molecule has 0 saturated heterocycles. The van der Waals surface area contributed by atoms with Crippen LogP contribution in [0.1, 0.15) is 100 Å². The summed E-state index contributed by atoms with van der Waals surface area (Å²) in [4.78, 5) is 2.20. The lowest BCUT2D eigenvalue weighted by Gasteiger charge is -2.38. The van der Waals surface area contributed by atoms with Crippen molar-refractivity contribution >= 4 is 32.3 Å². The zero-order chi connectivity index (χ0) is 58.5. The van der Waals surface area contributed by atoms with Crippen LogP contribution >= 0.6 is 0 Å². The predicted octanol–water partition coefficient (Wildman–Crippen LogP) is 16.1. The molecule has 0 radical (unpaired) electrons. The molecule has 13 nitrogen and oxygen atoms in total. The molecule has 83 heavy (non-hydrogen) atoms. The van der Waals surface area contributed by atoms with Crippen LogP contribution in [0.5, 0.6) is 17.2 Å². The molecule has 0 aliphatic heterocycles. The second-order valence-corrected chi connectivity index (χ2v) is 22.6. The molecule has 1 aliphatic rings. The largest absolute Gasteiger partial charge is 0.496 e. The molecule has 5 atom stereocenters. The van der Waals surface area contributed by atoms with Crippen LogP contribution in [-0.4, -0.2) is 85.3 Å². The summed E-state index contributed by atoms with van der Waals surface area (Å²) in [6.45, 7) is 17.5. The lowest BCUT2D eigenvalue weighted by atomic mass is 9.74. The highest BCUT2D eigenvalue weighted by atomic mass is 16.5. The van der Waals surface area contributed by atoms with Crippen molar-refractivity contribution in [2.24, 2.45) is 17.8 Å². The van der Waals surface area contributed by atoms with Gasteiger partial charge in [0.05, 0.1) is 84.3 Å². The SMILES string of the molecule is COc1ccc2ccccc2c1-c1c(C)nnn1-c1ccccc1C(C)N(C)C.COc1ccc2ccccc2c1-c1c(C)nnn1[C@@H](C)c1ccccc1.COc1ccc2ccccc2c1-c1c(C)nnn1[C@@H]1C[C@@H](C)CC[C@@H]1C(C)C. The third-order valence-electron chi connectivity index (χ3n) is 16.9. The van der Waals surface area contributed by atoms with Gasteiger partial charge in [-0.25, -0.2) is 14.0 Å². The van der Waals surface area contributed by atoms with Crippen molar-refractivity contribution < 1.29 is 14.2 Å². The van der Waals surface area contributed by atoms with Crippen molar-refractivity contribution in [2.75, 3.05) is 35.4 Å². The molecule has 12 rings (SSSR count). The zero-order valence-corrected chi connectivity index (χ0v) is 50.4. The summed E-state index contributed by atoms with van der Waals surface area (Å²) >= 11 is 0. The first kappa shape index (κ1) is 57.6. The van der Waals surface area contributed by atoms with Gasteiger partial charge in [0, 0.05) is 6.04 Å². The van der Waals surface area contributed by atoms with Gasteiger partial charge < -0.3 is 19.1 Å². The second-order valence-electron chi connectivity index (χ2n) is 22.6. The number of hydrogen-bond acceptors (Lipinski definition) is 10. The van der Waals surface area contributed by atoms with E-state index in [1.54, 1.807) is 21.3 Å². The molecular formula is C70H78N10O3. The fourth-order valence-corrected chi connectivity index (χ4v) is 12.3. The molecule has 426 valence electrons. The monoisotopic (exact) mass is 1110 g/mol. The minimum Gasteiger partial charge on any atom is -0.496 e. The van der Waals surface area contributed by atoms with Crippen molar-refractivity contribution in [3.63, 3.8) is 0 Å². The Balaban J connectivity index is 0.000000139. The van der Waals surface area contributed by atoms with Crippen molar-refractivity contribution in [1.29, 1.82) is 0 Å². The molecule has 0 N–H and O–H groups in total. The Morgan fingerprint density at radius 1 is 0.494 bits per heavy atom. The normalized spacial score (nSPS) is 15.9. The number of methoxy groups -OCH3 is 3. The van der Waals surface area contributed by atoms with E-state index in [4.69, 9.17) is 14.2 Å². The van der Waals surface area contributed by atoms with E-state index in [2.05, 4.69) is 217 Å². The molecule has 11 aromatic rings. The van der Waals surface area contributed by atoms with Crippen LogP contribution in [0.15, 0.2) is 164 Å². The van der Waals surface area contributed by atoms with Crippen molar-refractivity contribution in [2.45, 2.75) is 92.8 Å². The summed E-state index contributed by atoms with van der Waals surface area (Å²) < 4.78 is 23.4. The maximum Gasteiger partial charge on any atom is 0.128 e. The van der Waals surface area contributed by atoms with Crippen molar-refractivity contribution in [3.05, 3.63) is 192 Å². The van der Waals surface area contributed by atoms with E-state index in [0.717, 1.165) is 96.4 Å². The number of hydrogen-bond donors (Lipinski definition) is 0. The van der Waals surface area contributed by atoms with Gasteiger partial charge in [-0.15, -0.1) is 15.3 Å². The lowest BCUT2D eigenvalue weighted by molar-refractivity contribution is 0.139. The second kappa shape index (κ2) is 25.2. The number of aromatic nitrogens is 9. The molecule has 3 aromatic heterocycles. The Hall–Kier alpha value is -8.68. The highest BCUT2D eigenvalue weighted by molar-refractivity contribution is 6.01. The summed E-state index contributed by atoms with van der Waals surface area (Å²) in [5.41, 5.74) is 12.4. The molecule has 1 saturated carbocycles. The number of fused-ring (bicyclic) bond motifs is 3. The third-order valence-corrected chi connectivity index (χ3v) is 16.9. The molecule has 3 heterocycles. The van der Waals surface area contributed by atoms with Gasteiger partial charge in [0.25, 0.3) is 0 Å². The van der Waals surface area contributed by atoms with Crippen molar-refractivity contribution in [1.82, 2.24) is 49.9 Å². The summed E-state index contributed by atoms with van der Waals surface area (Å²) in [6, 6.07) is 57.0. The maximum absolute atomic E-state index is 5.80. The standard InChI is InChI=1S/C24H26N4O.C24H31N3O.C22H21N3O/c1-16-24(23-20-12-7-6-10-18(20)14-15-22(23)29-5)28(26-25-16)21-13-9-8-11-19(21)17(2)27(3)4;1-15(2)19-12-10-16(3)14-21(19)27-24(17(4)25-26-27)23-20-9-7-6-8-18(20)11-13-22(23)28-5;1-15-22(25(24-23-15)16(2)17-9-5-4-6-10-17)21-19-12-8-7-11-18(19)13-14-20(21)26-3/h6-15,17H,1-5H3;6-9,11,13,15-16,19,21H,10,12,14H2,1-5H3;4-14,16H,1-3H3/t;16-,19+,21+;16-/m.00/s1. The Morgan fingerprint density at radius 2 is 0.952 bits per heavy atom. The van der Waals surface area contributed by atoms with Crippen LogP contribution in [0.4, 0.5) is 0 Å². The van der Waals surface area contributed by atoms with Crippen LogP contribution in [-0.2, 0) is 0 Å². The van der Waals surface area contributed by atoms with Crippen LogP contribution in [0, 0.1) is 38.5 Å². The molecule has 0 bridgehead atoms. The molecule has 1 unspecified atom stereocenters. The van der Waals surface area contributed by atoms with Crippen molar-refractivity contribution in [3.8, 4) is 56.7 Å². The molecule has 1 aliphatic carbocycles. The molecule has 0 spiro atoms. The Kier molecular flexibility index (Phi) is 17.5. The van der Waals surface area contributed by atoms with E-state index in [1.807, 2.05) is 65.7 Å². The Labute approximate surface area is 488 Å². The van der Waals surface area contributed by atoms with Gasteiger partial charge in [0.15, 0.2) is 0 Å². The minimum atomic E-state index is 0.0658. The topological polar surface area (TPSA) is 123 Å². The Morgan fingerprint density at radius 3 is 1.49 bits per heavy atom. The van der Waals surface area contributed by atoms with Gasteiger partial charge >= 0.3 is 0 Å². The molecule has 1 fully saturated rings. The van der Waals surface area contributed by atoms with E-state index in [1.165, 1.54) is 40.1 Å². The van der Waals surface area contributed by atoms with Gasteiger partial charge in [-0.05, 0) is 147 Å². The van der Waals surface area contributed by atoms with Gasteiger partial charge in [-0.3, -0.25) is 0 Å². The Bertz CT molecular complexity index is 4010. The number of rotatable bonds is 13. The first-order chi connectivity index (χ1) is 40.2. The summed E-state index contributed by atoms with van der Waals surface area (Å²) in [6.07, 6.45) is 3.72. The fourth-order valence-electron chi connectivity index (χ4n) is 12.3. The highest BCUT2D eigenvalue weighted by Gasteiger charge is 2.35. The highest BCUT2D eigenvalue weighted by Crippen LogP contribution is 2.46. The maximum atomic E-state index is 5.80. The lowest BCUT2D eigenvalue weighted by Crippen LogP contribution is -2.31. The predicted molar refractivity (Wildman–Crippen MR) is 337 cm³/mol. The van der Waals surface area contributed by atoms with E-state index in [0.29, 0.717) is 23.8 Å². The van der Waals surface area contributed by atoms with E-state index in [9.17, 15) is 0 Å². The van der Waals surface area contributed by atoms with Gasteiger partial charge in [-0.1, -0.05) is 182 Å². The number of aryl methyl sites for hydroxylation is 3. The first-order valence-corrected chi connectivity index (χ1v) is 29.0. The number of para-hydroxylation sites is 1. The van der Waals surface area contributed by atoms with Gasteiger partial charge in [0.2, 0.25) is 0 Å². The molecule has 8 aromatic carbocycles. The van der Waals surface area contributed by atoms with Gasteiger partial charge in [0.1, 0.15) is 22.9 Å². The zero-order valence-electron chi connectivity index (χ0n) is 50.4. The smallest absolute Gasteiger partial charge is 0.128 e. The average Bonchev–Trinajstić information content (AvgIpc) is 4.37. The summed E-state index contributed by atoms with van der Waals surface area (Å²) in [7, 11) is 9.33. The molecule has 13 heteroatoms. The van der Waals surface area contributed by atoms with Crippen LogP contribution < -0.4 is 14.2 Å². The molecular weight excluding hydrogens is 1030 g/mol. The van der Waals surface area contributed by atoms with E-state index >= 15 is 0 Å². The van der Waals surface area contributed by atoms with Crippen LogP contribution in [0.2, 0.25) is 0 Å². The number of ether oxygens (including phenoxy) is 3. The number of benzene rings is 8. The number of nitrogens with zero attached hydrogens (tertiary/aromatic N) is 10. The van der Waals surface area contributed by atoms with Crippen LogP contribution in [0.25, 0.3) is 71.8 Å². The summed E-state index contributed by atoms with van der Waals surface area (Å²) in [5, 5.41) is 34.0. The third kappa shape index (κ3) is 11.5. The van der Waals surface area contributed by atoms with E-state index < -0.39 is 0 Å². The average molecular weight is 1110 g/mol. The van der Waals surface area contributed by atoms with E-state index in [-0.39, 0.29) is 12.1 Å². The quantitative estimate of drug-likeness (QED) is 0.110. The van der Waals surface area contributed by atoms with Gasteiger partial charge in [-0.2, -0.15) is 0 Å².